The van der Waals surface area contributed by atoms with Crippen LogP contribution in [0.15, 0.2) is 12.2 Å². The summed E-state index contributed by atoms with van der Waals surface area (Å²) in [4.78, 5) is 10.1. The Morgan fingerprint density at radius 3 is 2.00 bits per heavy atom. The Morgan fingerprint density at radius 1 is 1.27 bits per heavy atom. The molecule has 1 unspecified atom stereocenters. The molecule has 0 aliphatic carbocycles. The first kappa shape index (κ1) is 16.6. The summed E-state index contributed by atoms with van der Waals surface area (Å²) in [6, 6.07) is 0. The lowest BCUT2D eigenvalue weighted by Gasteiger charge is -1.98. The van der Waals surface area contributed by atoms with Gasteiger partial charge in [0.05, 0.1) is 6.42 Å². The minimum absolute atomic E-state index is 0.164. The van der Waals surface area contributed by atoms with Crippen molar-refractivity contribution in [1.82, 2.24) is 0 Å². The van der Waals surface area contributed by atoms with E-state index in [0.717, 1.165) is 12.3 Å². The second kappa shape index (κ2) is 11.3. The second-order valence-corrected chi connectivity index (χ2v) is 4.21. The first-order valence-corrected chi connectivity index (χ1v) is 5.82. The smallest absolute Gasteiger partial charge is 0.303 e. The maximum Gasteiger partial charge on any atom is 0.303 e. The standard InChI is InChI=1S/C8H14O2.C5H12/c1-3-4-5-7(2)6-8(9)10;1-4-5(2)3/h4-5,7H,3,6H2,1-2H3,(H,9,10);5H,4H2,1-3H3/b5-4-;. The average Bonchev–Trinajstić information content (AvgIpc) is 2.14. The maximum absolute atomic E-state index is 10.1. The van der Waals surface area contributed by atoms with Crippen LogP contribution in [0.2, 0.25) is 0 Å². The molecule has 0 spiro atoms. The number of carbonyl (C=O) groups is 1. The van der Waals surface area contributed by atoms with E-state index in [2.05, 4.69) is 20.8 Å². The Hall–Kier alpha value is -0.790. The largest absolute Gasteiger partial charge is 0.481 e. The Morgan fingerprint density at radius 2 is 1.73 bits per heavy atom. The number of allylic oxidation sites excluding steroid dienone is 2. The van der Waals surface area contributed by atoms with Crippen LogP contribution in [-0.2, 0) is 4.79 Å². The van der Waals surface area contributed by atoms with Crippen molar-refractivity contribution in [2.24, 2.45) is 11.8 Å². The van der Waals surface area contributed by atoms with Crippen molar-refractivity contribution >= 4 is 5.97 Å². The third-order valence-electron chi connectivity index (χ3n) is 2.01. The topological polar surface area (TPSA) is 37.3 Å². The van der Waals surface area contributed by atoms with E-state index in [9.17, 15) is 4.79 Å². The van der Waals surface area contributed by atoms with Gasteiger partial charge in [-0.1, -0.05) is 53.2 Å². The van der Waals surface area contributed by atoms with E-state index >= 15 is 0 Å². The maximum atomic E-state index is 10.1. The number of carboxylic acids is 1. The van der Waals surface area contributed by atoms with Crippen molar-refractivity contribution < 1.29 is 9.90 Å². The predicted octanol–water partition coefficient (Wildman–Crippen LogP) is 4.12. The molecule has 0 aliphatic rings. The lowest BCUT2D eigenvalue weighted by Crippen LogP contribution is -2.00. The van der Waals surface area contributed by atoms with Gasteiger partial charge in [0.25, 0.3) is 0 Å². The van der Waals surface area contributed by atoms with Crippen molar-refractivity contribution in [2.75, 3.05) is 0 Å². The number of hydrogen-bond acceptors (Lipinski definition) is 1. The van der Waals surface area contributed by atoms with Gasteiger partial charge in [0.2, 0.25) is 0 Å². The minimum atomic E-state index is -0.728. The number of aliphatic carboxylic acids is 1. The molecule has 1 N–H and O–H groups in total. The van der Waals surface area contributed by atoms with Crippen LogP contribution in [0.3, 0.4) is 0 Å². The van der Waals surface area contributed by atoms with E-state index in [1.54, 1.807) is 0 Å². The third-order valence-corrected chi connectivity index (χ3v) is 2.01. The van der Waals surface area contributed by atoms with Crippen LogP contribution in [0, 0.1) is 11.8 Å². The van der Waals surface area contributed by atoms with E-state index in [4.69, 9.17) is 5.11 Å². The van der Waals surface area contributed by atoms with E-state index in [-0.39, 0.29) is 12.3 Å². The summed E-state index contributed by atoms with van der Waals surface area (Å²) in [7, 11) is 0. The van der Waals surface area contributed by atoms with Gasteiger partial charge in [-0.3, -0.25) is 4.79 Å². The summed E-state index contributed by atoms with van der Waals surface area (Å²) >= 11 is 0. The summed E-state index contributed by atoms with van der Waals surface area (Å²) in [5, 5.41) is 8.35. The van der Waals surface area contributed by atoms with E-state index < -0.39 is 5.97 Å². The highest BCUT2D eigenvalue weighted by Crippen LogP contribution is 2.03. The second-order valence-electron chi connectivity index (χ2n) is 4.21. The summed E-state index contributed by atoms with van der Waals surface area (Å²) in [6.45, 7) is 10.6. The lowest BCUT2D eigenvalue weighted by molar-refractivity contribution is -0.137. The molecule has 2 heteroatoms. The molecule has 0 aromatic carbocycles. The molecule has 0 rings (SSSR count). The number of hydrogen-bond donors (Lipinski definition) is 1. The molecular weight excluding hydrogens is 188 g/mol. The van der Waals surface area contributed by atoms with Crippen LogP contribution in [-0.4, -0.2) is 11.1 Å². The van der Waals surface area contributed by atoms with Gasteiger partial charge in [-0.25, -0.2) is 0 Å². The fourth-order valence-electron chi connectivity index (χ4n) is 0.712. The van der Waals surface area contributed by atoms with Gasteiger partial charge < -0.3 is 5.11 Å². The summed E-state index contributed by atoms with van der Waals surface area (Å²) in [6.07, 6.45) is 6.45. The Balaban J connectivity index is 0. The molecule has 0 saturated carbocycles. The fourth-order valence-corrected chi connectivity index (χ4v) is 0.712. The third kappa shape index (κ3) is 19.6. The minimum Gasteiger partial charge on any atom is -0.481 e. The lowest BCUT2D eigenvalue weighted by atomic mass is 10.1. The van der Waals surface area contributed by atoms with E-state index in [1.807, 2.05) is 26.0 Å². The average molecular weight is 214 g/mol. The van der Waals surface area contributed by atoms with Crippen molar-refractivity contribution in [1.29, 1.82) is 0 Å². The molecule has 0 amide bonds. The van der Waals surface area contributed by atoms with Gasteiger partial charge in [-0.2, -0.15) is 0 Å². The molecule has 1 atom stereocenters. The van der Waals surface area contributed by atoms with E-state index in [0.29, 0.717) is 0 Å². The molecule has 0 aliphatic heterocycles. The summed E-state index contributed by atoms with van der Waals surface area (Å²) < 4.78 is 0. The Labute approximate surface area is 94.4 Å². The highest BCUT2D eigenvalue weighted by Gasteiger charge is 2.01. The monoisotopic (exact) mass is 214 g/mol. The highest BCUT2D eigenvalue weighted by molar-refractivity contribution is 5.67. The van der Waals surface area contributed by atoms with Crippen LogP contribution >= 0.6 is 0 Å². The Bertz CT molecular complexity index is 171. The molecule has 90 valence electrons. The van der Waals surface area contributed by atoms with Crippen molar-refractivity contribution in [2.45, 2.75) is 53.9 Å². The zero-order valence-electron chi connectivity index (χ0n) is 10.8. The molecule has 0 fully saturated rings. The molecular formula is C13H26O2. The molecule has 0 saturated heterocycles. The molecule has 0 aromatic heterocycles. The van der Waals surface area contributed by atoms with Crippen LogP contribution in [0.1, 0.15) is 53.9 Å². The molecule has 15 heavy (non-hydrogen) atoms. The first-order chi connectivity index (χ1) is 6.93. The van der Waals surface area contributed by atoms with E-state index in [1.165, 1.54) is 6.42 Å². The highest BCUT2D eigenvalue weighted by atomic mass is 16.4. The van der Waals surface area contributed by atoms with Gasteiger partial charge in [-0.05, 0) is 18.3 Å². The molecule has 2 nitrogen and oxygen atoms in total. The van der Waals surface area contributed by atoms with Gasteiger partial charge in [0.1, 0.15) is 0 Å². The van der Waals surface area contributed by atoms with Gasteiger partial charge in [0.15, 0.2) is 0 Å². The molecule has 0 radical (unpaired) electrons. The number of rotatable bonds is 5. The normalized spacial score (nSPS) is 12.4. The Kier molecular flexibility index (Phi) is 12.5. The zero-order valence-corrected chi connectivity index (χ0v) is 10.8. The van der Waals surface area contributed by atoms with Crippen LogP contribution in [0.25, 0.3) is 0 Å². The van der Waals surface area contributed by atoms with Gasteiger partial charge in [0, 0.05) is 0 Å². The van der Waals surface area contributed by atoms with Crippen LogP contribution in [0.5, 0.6) is 0 Å². The first-order valence-electron chi connectivity index (χ1n) is 5.82. The van der Waals surface area contributed by atoms with Crippen LogP contribution < -0.4 is 0 Å². The number of carboxylic acid groups (broad SMARTS) is 1. The zero-order chi connectivity index (χ0) is 12.3. The van der Waals surface area contributed by atoms with Crippen molar-refractivity contribution in [3.63, 3.8) is 0 Å². The molecule has 0 heterocycles. The van der Waals surface area contributed by atoms with Gasteiger partial charge >= 0.3 is 5.97 Å². The quantitative estimate of drug-likeness (QED) is 0.699. The van der Waals surface area contributed by atoms with Crippen LogP contribution in [0.4, 0.5) is 0 Å². The SMILES string of the molecule is CC/C=C\C(C)CC(=O)O.CCC(C)C. The predicted molar refractivity (Wildman–Crippen MR) is 66.0 cm³/mol. The van der Waals surface area contributed by atoms with Crippen molar-refractivity contribution in [3.05, 3.63) is 12.2 Å². The van der Waals surface area contributed by atoms with Gasteiger partial charge in [-0.15, -0.1) is 0 Å². The fraction of sp³-hybridized carbons (Fsp3) is 0.769. The summed E-state index contributed by atoms with van der Waals surface area (Å²) in [5.74, 6) is 0.320. The molecule has 0 aromatic rings. The molecule has 0 bridgehead atoms. The summed E-state index contributed by atoms with van der Waals surface area (Å²) in [5.41, 5.74) is 0. The van der Waals surface area contributed by atoms with Crippen molar-refractivity contribution in [3.8, 4) is 0 Å².